The standard InChI is InChI=1S/C16H26N2/c1-3-15-12-16(9-10-17,13-18(15)2)11-14-7-5-4-6-8-14/h4-8,15H,3,9-13,17H2,1-2H3. The van der Waals surface area contributed by atoms with Crippen LogP contribution in [0.25, 0.3) is 0 Å². The molecule has 0 saturated carbocycles. The highest BCUT2D eigenvalue weighted by molar-refractivity contribution is 5.17. The SMILES string of the molecule is CCC1CC(CCN)(Cc2ccccc2)CN1C. The number of rotatable bonds is 5. The minimum absolute atomic E-state index is 0.394. The van der Waals surface area contributed by atoms with Gasteiger partial charge in [-0.25, -0.2) is 0 Å². The van der Waals surface area contributed by atoms with Crippen LogP contribution in [-0.4, -0.2) is 31.1 Å². The quantitative estimate of drug-likeness (QED) is 0.865. The minimum Gasteiger partial charge on any atom is -0.330 e. The van der Waals surface area contributed by atoms with E-state index in [1.54, 1.807) is 0 Å². The van der Waals surface area contributed by atoms with Crippen LogP contribution in [0.1, 0.15) is 31.7 Å². The van der Waals surface area contributed by atoms with Gasteiger partial charge in [0.1, 0.15) is 0 Å². The van der Waals surface area contributed by atoms with Gasteiger partial charge in [0, 0.05) is 12.6 Å². The van der Waals surface area contributed by atoms with E-state index in [4.69, 9.17) is 5.73 Å². The maximum absolute atomic E-state index is 5.86. The van der Waals surface area contributed by atoms with Crippen LogP contribution >= 0.6 is 0 Å². The Morgan fingerprint density at radius 1 is 1.33 bits per heavy atom. The summed E-state index contributed by atoms with van der Waals surface area (Å²) in [5.41, 5.74) is 7.71. The third-order valence-corrected chi connectivity index (χ3v) is 4.44. The highest BCUT2D eigenvalue weighted by Gasteiger charge is 2.40. The first-order valence-corrected chi connectivity index (χ1v) is 7.13. The molecule has 0 aliphatic carbocycles. The maximum atomic E-state index is 5.86. The zero-order valence-electron chi connectivity index (χ0n) is 11.7. The van der Waals surface area contributed by atoms with E-state index in [2.05, 4.69) is 49.2 Å². The molecule has 1 heterocycles. The molecular weight excluding hydrogens is 220 g/mol. The van der Waals surface area contributed by atoms with Gasteiger partial charge in [-0.15, -0.1) is 0 Å². The Balaban J connectivity index is 2.13. The Labute approximate surface area is 111 Å². The number of hydrogen-bond donors (Lipinski definition) is 1. The summed E-state index contributed by atoms with van der Waals surface area (Å²) >= 11 is 0. The molecule has 0 amide bonds. The lowest BCUT2D eigenvalue weighted by Gasteiger charge is -2.28. The van der Waals surface area contributed by atoms with E-state index in [9.17, 15) is 0 Å². The van der Waals surface area contributed by atoms with Crippen LogP contribution in [0.15, 0.2) is 30.3 Å². The van der Waals surface area contributed by atoms with Gasteiger partial charge < -0.3 is 10.6 Å². The second-order valence-corrected chi connectivity index (χ2v) is 5.88. The third kappa shape index (κ3) is 2.93. The number of hydrogen-bond acceptors (Lipinski definition) is 2. The molecular formula is C16H26N2. The number of nitrogens with two attached hydrogens (primary N) is 1. The number of nitrogens with zero attached hydrogens (tertiary/aromatic N) is 1. The summed E-state index contributed by atoms with van der Waals surface area (Å²) in [7, 11) is 2.26. The van der Waals surface area contributed by atoms with Crippen LogP contribution in [0.3, 0.4) is 0 Å². The fourth-order valence-electron chi connectivity index (χ4n) is 3.57. The van der Waals surface area contributed by atoms with Crippen molar-refractivity contribution in [2.45, 2.75) is 38.6 Å². The molecule has 0 aromatic heterocycles. The normalized spacial score (nSPS) is 28.7. The van der Waals surface area contributed by atoms with E-state index >= 15 is 0 Å². The molecule has 100 valence electrons. The molecule has 1 aromatic rings. The van der Waals surface area contributed by atoms with E-state index < -0.39 is 0 Å². The topological polar surface area (TPSA) is 29.3 Å². The van der Waals surface area contributed by atoms with Gasteiger partial charge in [-0.3, -0.25) is 0 Å². The van der Waals surface area contributed by atoms with Gasteiger partial charge in [-0.05, 0) is 50.3 Å². The zero-order valence-corrected chi connectivity index (χ0v) is 11.7. The van der Waals surface area contributed by atoms with Crippen molar-refractivity contribution in [2.75, 3.05) is 20.1 Å². The van der Waals surface area contributed by atoms with Crippen LogP contribution in [0.4, 0.5) is 0 Å². The Hall–Kier alpha value is -0.860. The van der Waals surface area contributed by atoms with Gasteiger partial charge >= 0.3 is 0 Å². The molecule has 0 radical (unpaired) electrons. The van der Waals surface area contributed by atoms with E-state index in [-0.39, 0.29) is 0 Å². The summed E-state index contributed by atoms with van der Waals surface area (Å²) in [5, 5.41) is 0. The number of likely N-dealkylation sites (tertiary alicyclic amines) is 1. The Morgan fingerprint density at radius 3 is 2.61 bits per heavy atom. The van der Waals surface area contributed by atoms with Crippen LogP contribution in [-0.2, 0) is 6.42 Å². The van der Waals surface area contributed by atoms with Crippen molar-refractivity contribution in [3.05, 3.63) is 35.9 Å². The molecule has 2 unspecified atom stereocenters. The molecule has 2 heteroatoms. The van der Waals surface area contributed by atoms with Gasteiger partial charge in [0.2, 0.25) is 0 Å². The predicted molar refractivity (Wildman–Crippen MR) is 77.6 cm³/mol. The molecule has 0 bridgehead atoms. The lowest BCUT2D eigenvalue weighted by Crippen LogP contribution is -2.30. The lowest BCUT2D eigenvalue weighted by molar-refractivity contribution is 0.256. The summed E-state index contributed by atoms with van der Waals surface area (Å²) in [4.78, 5) is 2.53. The fraction of sp³-hybridized carbons (Fsp3) is 0.625. The number of benzene rings is 1. The molecule has 1 fully saturated rings. The Kier molecular flexibility index (Phi) is 4.41. The van der Waals surface area contributed by atoms with Crippen molar-refractivity contribution in [3.8, 4) is 0 Å². The van der Waals surface area contributed by atoms with Gasteiger partial charge in [0.05, 0.1) is 0 Å². The van der Waals surface area contributed by atoms with Crippen LogP contribution in [0.5, 0.6) is 0 Å². The second-order valence-electron chi connectivity index (χ2n) is 5.88. The monoisotopic (exact) mass is 246 g/mol. The van der Waals surface area contributed by atoms with Crippen molar-refractivity contribution in [1.29, 1.82) is 0 Å². The van der Waals surface area contributed by atoms with Gasteiger partial charge in [-0.1, -0.05) is 37.3 Å². The van der Waals surface area contributed by atoms with Crippen molar-refractivity contribution >= 4 is 0 Å². The van der Waals surface area contributed by atoms with Crippen molar-refractivity contribution < 1.29 is 0 Å². The van der Waals surface area contributed by atoms with E-state index in [1.807, 2.05) is 0 Å². The lowest BCUT2D eigenvalue weighted by atomic mass is 9.76. The maximum Gasteiger partial charge on any atom is 0.00957 e. The summed E-state index contributed by atoms with van der Waals surface area (Å²) < 4.78 is 0. The van der Waals surface area contributed by atoms with Crippen molar-refractivity contribution in [2.24, 2.45) is 11.1 Å². The highest BCUT2D eigenvalue weighted by Crippen LogP contribution is 2.40. The smallest absolute Gasteiger partial charge is 0.00957 e. The van der Waals surface area contributed by atoms with Gasteiger partial charge in [0.15, 0.2) is 0 Å². The summed E-state index contributed by atoms with van der Waals surface area (Å²) in [6, 6.07) is 11.6. The first-order valence-electron chi connectivity index (χ1n) is 7.13. The second kappa shape index (κ2) is 5.85. The van der Waals surface area contributed by atoms with E-state index in [1.165, 1.54) is 31.4 Å². The molecule has 1 aromatic carbocycles. The Bertz CT molecular complexity index is 363. The van der Waals surface area contributed by atoms with E-state index in [0.29, 0.717) is 5.41 Å². The summed E-state index contributed by atoms with van der Waals surface area (Å²) in [6.45, 7) is 4.29. The molecule has 2 rings (SSSR count). The van der Waals surface area contributed by atoms with Crippen LogP contribution < -0.4 is 5.73 Å². The van der Waals surface area contributed by atoms with Crippen molar-refractivity contribution in [1.82, 2.24) is 4.90 Å². The molecule has 1 aliphatic rings. The molecule has 2 atom stereocenters. The minimum atomic E-state index is 0.394. The zero-order chi connectivity index (χ0) is 13.0. The molecule has 18 heavy (non-hydrogen) atoms. The molecule has 0 spiro atoms. The van der Waals surface area contributed by atoms with Crippen LogP contribution in [0.2, 0.25) is 0 Å². The first kappa shape index (κ1) is 13.6. The average molecular weight is 246 g/mol. The first-order chi connectivity index (χ1) is 8.69. The fourth-order valence-corrected chi connectivity index (χ4v) is 3.57. The van der Waals surface area contributed by atoms with E-state index in [0.717, 1.165) is 19.0 Å². The molecule has 2 N–H and O–H groups in total. The van der Waals surface area contributed by atoms with Gasteiger partial charge in [0.25, 0.3) is 0 Å². The predicted octanol–water partition coefficient (Wildman–Crippen LogP) is 2.68. The highest BCUT2D eigenvalue weighted by atomic mass is 15.2. The molecule has 1 saturated heterocycles. The summed E-state index contributed by atoms with van der Waals surface area (Å²) in [6.07, 6.45) is 4.86. The van der Waals surface area contributed by atoms with Crippen LogP contribution in [0, 0.1) is 5.41 Å². The largest absolute Gasteiger partial charge is 0.330 e. The summed E-state index contributed by atoms with van der Waals surface area (Å²) in [5.74, 6) is 0. The van der Waals surface area contributed by atoms with Crippen molar-refractivity contribution in [3.63, 3.8) is 0 Å². The molecule has 1 aliphatic heterocycles. The van der Waals surface area contributed by atoms with Gasteiger partial charge in [-0.2, -0.15) is 0 Å². The third-order valence-electron chi connectivity index (χ3n) is 4.44. The molecule has 2 nitrogen and oxygen atoms in total. The average Bonchev–Trinajstić information content (AvgIpc) is 2.67. The Morgan fingerprint density at radius 2 is 2.06 bits per heavy atom.